The third-order valence-corrected chi connectivity index (χ3v) is 1.95. The van der Waals surface area contributed by atoms with E-state index in [9.17, 15) is 0 Å². The summed E-state index contributed by atoms with van der Waals surface area (Å²) in [7, 11) is 0. The van der Waals surface area contributed by atoms with Crippen LogP contribution in [-0.4, -0.2) is 31.7 Å². The van der Waals surface area contributed by atoms with Gasteiger partial charge in [-0.1, -0.05) is 12.2 Å². The molecular formula is C8H12O3. The molecule has 2 rings (SSSR count). The summed E-state index contributed by atoms with van der Waals surface area (Å²) < 4.78 is 16.0. The van der Waals surface area contributed by atoms with Gasteiger partial charge in [-0.2, -0.15) is 0 Å². The molecule has 62 valence electrons. The van der Waals surface area contributed by atoms with Gasteiger partial charge in [-0.3, -0.25) is 0 Å². The molecule has 1 unspecified atom stereocenters. The fraction of sp³-hybridized carbons (Fsp3) is 0.750. The molecule has 1 saturated heterocycles. The van der Waals surface area contributed by atoms with Crippen LogP contribution in [0.5, 0.6) is 0 Å². The molecule has 0 spiro atoms. The summed E-state index contributed by atoms with van der Waals surface area (Å²) in [5.74, 6) is 0. The maximum Gasteiger partial charge on any atom is 0.147 e. The molecule has 3 nitrogen and oxygen atoms in total. The Hall–Kier alpha value is -0.380. The monoisotopic (exact) mass is 156 g/mol. The van der Waals surface area contributed by atoms with E-state index in [1.807, 2.05) is 13.0 Å². The van der Waals surface area contributed by atoms with E-state index in [0.29, 0.717) is 13.4 Å². The minimum absolute atomic E-state index is 0.101. The van der Waals surface area contributed by atoms with Crippen LogP contribution in [0.2, 0.25) is 0 Å². The van der Waals surface area contributed by atoms with E-state index in [4.69, 9.17) is 14.2 Å². The van der Waals surface area contributed by atoms with Crippen molar-refractivity contribution in [3.63, 3.8) is 0 Å². The zero-order valence-corrected chi connectivity index (χ0v) is 6.53. The topological polar surface area (TPSA) is 27.7 Å². The van der Waals surface area contributed by atoms with E-state index >= 15 is 0 Å². The molecule has 11 heavy (non-hydrogen) atoms. The molecule has 0 aromatic rings. The fourth-order valence-electron chi connectivity index (χ4n) is 1.38. The van der Waals surface area contributed by atoms with Gasteiger partial charge in [0.05, 0.1) is 12.7 Å². The van der Waals surface area contributed by atoms with E-state index in [2.05, 4.69) is 6.08 Å². The second kappa shape index (κ2) is 2.93. The van der Waals surface area contributed by atoms with Crippen molar-refractivity contribution >= 4 is 0 Å². The van der Waals surface area contributed by atoms with Crippen molar-refractivity contribution < 1.29 is 14.2 Å². The van der Waals surface area contributed by atoms with Gasteiger partial charge < -0.3 is 14.2 Å². The van der Waals surface area contributed by atoms with Gasteiger partial charge >= 0.3 is 0 Å². The van der Waals surface area contributed by atoms with Crippen LogP contribution in [0.1, 0.15) is 6.92 Å². The average molecular weight is 156 g/mol. The van der Waals surface area contributed by atoms with Crippen molar-refractivity contribution in [1.82, 2.24) is 0 Å². The van der Waals surface area contributed by atoms with Crippen LogP contribution in [0.25, 0.3) is 0 Å². The minimum Gasteiger partial charge on any atom is -0.366 e. The first-order valence-corrected chi connectivity index (χ1v) is 3.89. The summed E-state index contributed by atoms with van der Waals surface area (Å²) in [5, 5.41) is 0. The molecule has 1 fully saturated rings. The lowest BCUT2D eigenvalue weighted by atomic mass is 10.1. The molecule has 3 heteroatoms. The molecule has 2 aliphatic heterocycles. The van der Waals surface area contributed by atoms with Crippen molar-refractivity contribution in [2.75, 3.05) is 13.4 Å². The van der Waals surface area contributed by atoms with Crippen molar-refractivity contribution in [3.05, 3.63) is 12.2 Å². The normalized spacial score (nSPS) is 43.5. The Balaban J connectivity index is 2.05. The molecule has 0 radical (unpaired) electrons. The molecule has 0 amide bonds. The standard InChI is InChI=1S/C8H12O3/c1-6-2-3-7-8(11-6)4-9-5-10-7/h2-3,6-8H,4-5H2,1H3/t6?,7-,8+/m0/s1. The van der Waals surface area contributed by atoms with Crippen molar-refractivity contribution in [1.29, 1.82) is 0 Å². The first-order chi connectivity index (χ1) is 5.36. The van der Waals surface area contributed by atoms with Crippen LogP contribution in [0.4, 0.5) is 0 Å². The lowest BCUT2D eigenvalue weighted by Gasteiger charge is -2.34. The molecule has 0 aromatic carbocycles. The second-order valence-electron chi connectivity index (χ2n) is 2.88. The van der Waals surface area contributed by atoms with Crippen LogP contribution in [0.15, 0.2) is 12.2 Å². The van der Waals surface area contributed by atoms with Crippen LogP contribution in [-0.2, 0) is 14.2 Å². The highest BCUT2D eigenvalue weighted by Gasteiger charge is 2.29. The van der Waals surface area contributed by atoms with Crippen LogP contribution < -0.4 is 0 Å². The van der Waals surface area contributed by atoms with E-state index in [-0.39, 0.29) is 18.3 Å². The Morgan fingerprint density at radius 3 is 3.18 bits per heavy atom. The predicted octanol–water partition coefficient (Wildman–Crippen LogP) is 0.703. The molecule has 2 heterocycles. The molecular weight excluding hydrogens is 144 g/mol. The SMILES string of the molecule is CC1C=C[C@@H]2OCOC[C@H]2O1. The maximum atomic E-state index is 5.55. The molecule has 0 aliphatic carbocycles. The van der Waals surface area contributed by atoms with E-state index < -0.39 is 0 Å². The van der Waals surface area contributed by atoms with Crippen molar-refractivity contribution in [2.45, 2.75) is 25.2 Å². The zero-order chi connectivity index (χ0) is 7.68. The molecule has 0 bridgehead atoms. The largest absolute Gasteiger partial charge is 0.366 e. The molecule has 0 N–H and O–H groups in total. The van der Waals surface area contributed by atoms with Crippen LogP contribution in [0.3, 0.4) is 0 Å². The quantitative estimate of drug-likeness (QED) is 0.483. The van der Waals surface area contributed by atoms with Crippen LogP contribution in [0, 0.1) is 0 Å². The third kappa shape index (κ3) is 1.45. The summed E-state index contributed by atoms with van der Waals surface area (Å²) >= 11 is 0. The summed E-state index contributed by atoms with van der Waals surface area (Å²) in [4.78, 5) is 0. The Bertz CT molecular complexity index is 167. The maximum absolute atomic E-state index is 5.55. The lowest BCUT2D eigenvalue weighted by molar-refractivity contribution is -0.204. The predicted molar refractivity (Wildman–Crippen MR) is 39.2 cm³/mol. The Morgan fingerprint density at radius 1 is 1.36 bits per heavy atom. The van der Waals surface area contributed by atoms with Gasteiger partial charge in [-0.25, -0.2) is 0 Å². The summed E-state index contributed by atoms with van der Waals surface area (Å²) in [6, 6.07) is 0. The zero-order valence-electron chi connectivity index (χ0n) is 6.53. The Kier molecular flexibility index (Phi) is 1.94. The van der Waals surface area contributed by atoms with Gasteiger partial charge in [-0.05, 0) is 6.92 Å². The number of fused-ring (bicyclic) bond motifs is 1. The lowest BCUT2D eigenvalue weighted by Crippen LogP contribution is -2.43. The molecule has 0 aromatic heterocycles. The van der Waals surface area contributed by atoms with Gasteiger partial charge in [0, 0.05) is 0 Å². The highest BCUT2D eigenvalue weighted by molar-refractivity contribution is 5.02. The minimum atomic E-state index is 0.101. The molecule has 0 saturated carbocycles. The van der Waals surface area contributed by atoms with Gasteiger partial charge in [0.2, 0.25) is 0 Å². The molecule has 2 aliphatic rings. The summed E-state index contributed by atoms with van der Waals surface area (Å²) in [6.45, 7) is 3.06. The van der Waals surface area contributed by atoms with E-state index in [0.717, 1.165) is 0 Å². The highest BCUT2D eigenvalue weighted by Crippen LogP contribution is 2.18. The highest BCUT2D eigenvalue weighted by atomic mass is 16.7. The molecule has 3 atom stereocenters. The van der Waals surface area contributed by atoms with Crippen LogP contribution >= 0.6 is 0 Å². The third-order valence-electron chi connectivity index (χ3n) is 1.95. The van der Waals surface area contributed by atoms with Gasteiger partial charge in [0.25, 0.3) is 0 Å². The first kappa shape index (κ1) is 7.28. The summed E-state index contributed by atoms with van der Waals surface area (Å²) in [6.07, 6.45) is 4.48. The van der Waals surface area contributed by atoms with Gasteiger partial charge in [0.1, 0.15) is 19.0 Å². The number of rotatable bonds is 0. The smallest absolute Gasteiger partial charge is 0.147 e. The van der Waals surface area contributed by atoms with Gasteiger partial charge in [-0.15, -0.1) is 0 Å². The Labute approximate surface area is 65.9 Å². The number of hydrogen-bond acceptors (Lipinski definition) is 3. The van der Waals surface area contributed by atoms with E-state index in [1.54, 1.807) is 0 Å². The van der Waals surface area contributed by atoms with Crippen molar-refractivity contribution in [2.24, 2.45) is 0 Å². The average Bonchev–Trinajstić information content (AvgIpc) is 2.04. The second-order valence-corrected chi connectivity index (χ2v) is 2.88. The fourth-order valence-corrected chi connectivity index (χ4v) is 1.38. The van der Waals surface area contributed by atoms with Gasteiger partial charge in [0.15, 0.2) is 0 Å². The number of ether oxygens (including phenoxy) is 3. The van der Waals surface area contributed by atoms with Crippen molar-refractivity contribution in [3.8, 4) is 0 Å². The summed E-state index contributed by atoms with van der Waals surface area (Å²) in [5.41, 5.74) is 0. The number of hydrogen-bond donors (Lipinski definition) is 0. The first-order valence-electron chi connectivity index (χ1n) is 3.89. The van der Waals surface area contributed by atoms with E-state index in [1.165, 1.54) is 0 Å². The Morgan fingerprint density at radius 2 is 2.27 bits per heavy atom.